The fourth-order valence-corrected chi connectivity index (χ4v) is 1.43. The zero-order valence-corrected chi connectivity index (χ0v) is 8.90. The smallest absolute Gasteiger partial charge is 0.349 e. The maximum Gasteiger partial charge on any atom is 0.349 e. The summed E-state index contributed by atoms with van der Waals surface area (Å²) < 4.78 is 0. The molecule has 1 aromatic carbocycles. The largest absolute Gasteiger partial charge is 0.368 e. The van der Waals surface area contributed by atoms with Gasteiger partial charge < -0.3 is 5.73 Å². The van der Waals surface area contributed by atoms with Gasteiger partial charge in [-0.1, -0.05) is 29.8 Å². The molecule has 2 rings (SSSR count). The topological polar surface area (TPSA) is 84.7 Å². The maximum atomic E-state index is 11.1. The summed E-state index contributed by atoms with van der Waals surface area (Å²) in [5.74, 6) is 0.534. The summed E-state index contributed by atoms with van der Waals surface area (Å²) in [6.45, 7) is 2.02. The molecule has 0 spiro atoms. The molecule has 0 amide bonds. The van der Waals surface area contributed by atoms with E-state index in [0.717, 1.165) is 5.56 Å². The zero-order valence-electron chi connectivity index (χ0n) is 8.90. The number of hydrogen-bond donors (Lipinski definition) is 2. The van der Waals surface area contributed by atoms with E-state index in [1.807, 2.05) is 31.2 Å². The SMILES string of the molecule is Cc1ccc(Cc2nc(N)nc(=O)[nH]2)cc1. The molecule has 0 fully saturated rings. The highest BCUT2D eigenvalue weighted by Crippen LogP contribution is 2.06. The molecule has 16 heavy (non-hydrogen) atoms. The predicted molar refractivity (Wildman–Crippen MR) is 61.1 cm³/mol. The first-order valence-corrected chi connectivity index (χ1v) is 4.92. The Kier molecular flexibility index (Phi) is 2.68. The van der Waals surface area contributed by atoms with Crippen molar-refractivity contribution in [3.8, 4) is 0 Å². The number of H-pyrrole nitrogens is 1. The first-order valence-electron chi connectivity index (χ1n) is 4.92. The second kappa shape index (κ2) is 4.14. The average molecular weight is 216 g/mol. The van der Waals surface area contributed by atoms with Crippen LogP contribution in [0.4, 0.5) is 5.95 Å². The quantitative estimate of drug-likeness (QED) is 0.771. The third kappa shape index (κ3) is 2.44. The van der Waals surface area contributed by atoms with Crippen LogP contribution in [-0.2, 0) is 6.42 Å². The summed E-state index contributed by atoms with van der Waals surface area (Å²) in [5, 5.41) is 0. The van der Waals surface area contributed by atoms with E-state index in [1.165, 1.54) is 5.56 Å². The molecule has 0 bridgehead atoms. The number of nitrogens with zero attached hydrogens (tertiary/aromatic N) is 2. The van der Waals surface area contributed by atoms with Crippen LogP contribution < -0.4 is 11.4 Å². The van der Waals surface area contributed by atoms with Crippen LogP contribution in [0.15, 0.2) is 29.1 Å². The first-order chi connectivity index (χ1) is 7.63. The lowest BCUT2D eigenvalue weighted by Gasteiger charge is -2.01. The van der Waals surface area contributed by atoms with Crippen LogP contribution in [0.2, 0.25) is 0 Å². The van der Waals surface area contributed by atoms with Gasteiger partial charge in [-0.15, -0.1) is 0 Å². The van der Waals surface area contributed by atoms with E-state index in [1.54, 1.807) is 0 Å². The van der Waals surface area contributed by atoms with E-state index in [0.29, 0.717) is 12.2 Å². The Balaban J connectivity index is 2.26. The van der Waals surface area contributed by atoms with Crippen LogP contribution in [0.5, 0.6) is 0 Å². The van der Waals surface area contributed by atoms with E-state index in [-0.39, 0.29) is 5.95 Å². The normalized spacial score (nSPS) is 10.3. The van der Waals surface area contributed by atoms with Crippen molar-refractivity contribution >= 4 is 5.95 Å². The Hall–Kier alpha value is -2.17. The van der Waals surface area contributed by atoms with Gasteiger partial charge in [-0.2, -0.15) is 9.97 Å². The lowest BCUT2D eigenvalue weighted by atomic mass is 10.1. The van der Waals surface area contributed by atoms with Crippen molar-refractivity contribution < 1.29 is 0 Å². The standard InChI is InChI=1S/C11H12N4O/c1-7-2-4-8(5-3-7)6-9-13-10(12)15-11(16)14-9/h2-5H,6H2,1H3,(H3,12,13,14,15,16). The molecule has 0 saturated heterocycles. The number of nitrogens with two attached hydrogens (primary N) is 1. The summed E-state index contributed by atoms with van der Waals surface area (Å²) in [7, 11) is 0. The summed E-state index contributed by atoms with van der Waals surface area (Å²) in [6, 6.07) is 8.01. The van der Waals surface area contributed by atoms with Crippen molar-refractivity contribution in [2.45, 2.75) is 13.3 Å². The maximum absolute atomic E-state index is 11.1. The monoisotopic (exact) mass is 216 g/mol. The van der Waals surface area contributed by atoms with E-state index in [9.17, 15) is 4.79 Å². The number of aromatic amines is 1. The first kappa shape index (κ1) is 10.4. The van der Waals surface area contributed by atoms with Gasteiger partial charge in [0.2, 0.25) is 5.95 Å². The lowest BCUT2D eigenvalue weighted by Crippen LogP contribution is -2.17. The Bertz CT molecular complexity index is 545. The van der Waals surface area contributed by atoms with Crippen molar-refractivity contribution in [2.24, 2.45) is 0 Å². The molecule has 82 valence electrons. The number of aryl methyl sites for hydroxylation is 1. The molecule has 5 heteroatoms. The van der Waals surface area contributed by atoms with Gasteiger partial charge >= 0.3 is 5.69 Å². The number of hydrogen-bond acceptors (Lipinski definition) is 4. The number of benzene rings is 1. The van der Waals surface area contributed by atoms with Crippen LogP contribution in [0.25, 0.3) is 0 Å². The number of rotatable bonds is 2. The van der Waals surface area contributed by atoms with Crippen LogP contribution in [-0.4, -0.2) is 15.0 Å². The molecule has 5 nitrogen and oxygen atoms in total. The van der Waals surface area contributed by atoms with E-state index in [4.69, 9.17) is 5.73 Å². The molecule has 2 aromatic rings. The molecule has 3 N–H and O–H groups in total. The molecule has 1 aromatic heterocycles. The van der Waals surface area contributed by atoms with Crippen LogP contribution >= 0.6 is 0 Å². The van der Waals surface area contributed by atoms with Gasteiger partial charge in [0.15, 0.2) is 0 Å². The van der Waals surface area contributed by atoms with Gasteiger partial charge in [0, 0.05) is 6.42 Å². The molecule has 0 radical (unpaired) electrons. The van der Waals surface area contributed by atoms with Crippen molar-refractivity contribution in [1.82, 2.24) is 15.0 Å². The number of nitrogens with one attached hydrogen (secondary N) is 1. The Morgan fingerprint density at radius 1 is 1.25 bits per heavy atom. The third-order valence-corrected chi connectivity index (χ3v) is 2.21. The molecule has 1 heterocycles. The van der Waals surface area contributed by atoms with Gasteiger partial charge in [-0.3, -0.25) is 4.98 Å². The highest BCUT2D eigenvalue weighted by atomic mass is 16.1. The summed E-state index contributed by atoms with van der Waals surface area (Å²) >= 11 is 0. The van der Waals surface area contributed by atoms with Gasteiger partial charge in [0.25, 0.3) is 0 Å². The van der Waals surface area contributed by atoms with Crippen LogP contribution in [0.1, 0.15) is 17.0 Å². The second-order valence-electron chi connectivity index (χ2n) is 3.62. The van der Waals surface area contributed by atoms with E-state index < -0.39 is 5.69 Å². The van der Waals surface area contributed by atoms with Gasteiger partial charge in [0.05, 0.1) is 0 Å². The predicted octanol–water partition coefficient (Wildman–Crippen LogP) is 0.646. The van der Waals surface area contributed by atoms with Crippen LogP contribution in [0.3, 0.4) is 0 Å². The molecule has 0 unspecified atom stereocenters. The minimum Gasteiger partial charge on any atom is -0.368 e. The average Bonchev–Trinajstić information content (AvgIpc) is 2.20. The molecule has 0 saturated carbocycles. The van der Waals surface area contributed by atoms with Gasteiger partial charge in [0.1, 0.15) is 5.82 Å². The van der Waals surface area contributed by atoms with Gasteiger partial charge in [-0.25, -0.2) is 4.79 Å². The highest BCUT2D eigenvalue weighted by molar-refractivity contribution is 5.24. The zero-order chi connectivity index (χ0) is 11.5. The third-order valence-electron chi connectivity index (χ3n) is 2.21. The lowest BCUT2D eigenvalue weighted by molar-refractivity contribution is 0.893. The number of aromatic nitrogens is 3. The van der Waals surface area contributed by atoms with Gasteiger partial charge in [-0.05, 0) is 12.5 Å². The van der Waals surface area contributed by atoms with Crippen molar-refractivity contribution in [3.63, 3.8) is 0 Å². The summed E-state index contributed by atoms with van der Waals surface area (Å²) in [6.07, 6.45) is 0.544. The molecule has 0 aliphatic carbocycles. The fraction of sp³-hybridized carbons (Fsp3) is 0.182. The van der Waals surface area contributed by atoms with E-state index in [2.05, 4.69) is 15.0 Å². The minimum atomic E-state index is -0.463. The van der Waals surface area contributed by atoms with Crippen molar-refractivity contribution in [1.29, 1.82) is 0 Å². The Labute approximate surface area is 92.4 Å². The molecular weight excluding hydrogens is 204 g/mol. The molecule has 0 atom stereocenters. The number of anilines is 1. The molecular formula is C11H12N4O. The minimum absolute atomic E-state index is 0.00543. The van der Waals surface area contributed by atoms with Crippen LogP contribution in [0, 0.1) is 6.92 Å². The highest BCUT2D eigenvalue weighted by Gasteiger charge is 2.01. The Morgan fingerprint density at radius 3 is 2.56 bits per heavy atom. The molecule has 0 aliphatic rings. The Morgan fingerprint density at radius 2 is 1.94 bits per heavy atom. The summed E-state index contributed by atoms with van der Waals surface area (Å²) in [5.41, 5.74) is 7.19. The fourth-order valence-electron chi connectivity index (χ4n) is 1.43. The van der Waals surface area contributed by atoms with Crippen molar-refractivity contribution in [2.75, 3.05) is 5.73 Å². The molecule has 0 aliphatic heterocycles. The second-order valence-corrected chi connectivity index (χ2v) is 3.62. The number of nitrogen functional groups attached to an aromatic ring is 1. The summed E-state index contributed by atoms with van der Waals surface area (Å²) in [4.78, 5) is 21.0. The van der Waals surface area contributed by atoms with Crippen molar-refractivity contribution in [3.05, 3.63) is 51.7 Å². The van der Waals surface area contributed by atoms with E-state index >= 15 is 0 Å².